The van der Waals surface area contributed by atoms with E-state index in [2.05, 4.69) is 29.9 Å². The molecule has 0 saturated carbocycles. The van der Waals surface area contributed by atoms with E-state index in [-0.39, 0.29) is 5.56 Å². The Balaban J connectivity index is 1.98. The highest BCUT2D eigenvalue weighted by atomic mass is 16.5. The number of ether oxygens (including phenoxy) is 1. The van der Waals surface area contributed by atoms with E-state index < -0.39 is 0 Å². The van der Waals surface area contributed by atoms with Crippen molar-refractivity contribution in [3.63, 3.8) is 0 Å². The van der Waals surface area contributed by atoms with Crippen LogP contribution >= 0.6 is 0 Å². The number of aromatic nitrogens is 2. The summed E-state index contributed by atoms with van der Waals surface area (Å²) in [6, 6.07) is 5.89. The molecular formula is C19H22N2O2. The summed E-state index contributed by atoms with van der Waals surface area (Å²) in [5, 5.41) is 2.56. The fourth-order valence-electron chi connectivity index (χ4n) is 2.84. The highest BCUT2D eigenvalue weighted by Gasteiger charge is 2.09. The average Bonchev–Trinajstić information content (AvgIpc) is 2.53. The van der Waals surface area contributed by atoms with E-state index in [1.54, 1.807) is 12.4 Å². The summed E-state index contributed by atoms with van der Waals surface area (Å²) in [4.78, 5) is 19.2. The zero-order valence-electron chi connectivity index (χ0n) is 13.8. The molecule has 3 aromatic rings. The zero-order chi connectivity index (χ0) is 16.4. The first-order valence-electron chi connectivity index (χ1n) is 8.09. The average molecular weight is 310 g/mol. The van der Waals surface area contributed by atoms with Gasteiger partial charge in [-0.05, 0) is 48.8 Å². The lowest BCUT2D eigenvalue weighted by Crippen LogP contribution is -2.07. The Hall–Kier alpha value is -2.36. The van der Waals surface area contributed by atoms with Gasteiger partial charge >= 0.3 is 0 Å². The van der Waals surface area contributed by atoms with Crippen LogP contribution in [0.2, 0.25) is 0 Å². The number of H-pyrrole nitrogens is 1. The number of aromatic amines is 1. The van der Waals surface area contributed by atoms with Gasteiger partial charge in [-0.25, -0.2) is 0 Å². The number of benzene rings is 1. The summed E-state index contributed by atoms with van der Waals surface area (Å²) in [7, 11) is 0. The molecule has 0 spiro atoms. The molecule has 0 unspecified atom stereocenters. The van der Waals surface area contributed by atoms with Crippen LogP contribution in [0.25, 0.3) is 21.7 Å². The van der Waals surface area contributed by atoms with Gasteiger partial charge in [0, 0.05) is 23.8 Å². The Morgan fingerprint density at radius 3 is 2.83 bits per heavy atom. The molecule has 120 valence electrons. The van der Waals surface area contributed by atoms with E-state index in [1.165, 1.54) is 0 Å². The van der Waals surface area contributed by atoms with Crippen LogP contribution in [0.15, 0.2) is 35.4 Å². The van der Waals surface area contributed by atoms with Crippen molar-refractivity contribution >= 4 is 21.7 Å². The van der Waals surface area contributed by atoms with Crippen molar-refractivity contribution in [2.75, 3.05) is 6.61 Å². The van der Waals surface area contributed by atoms with Crippen LogP contribution in [0.5, 0.6) is 5.75 Å². The first kappa shape index (κ1) is 15.5. The van der Waals surface area contributed by atoms with Crippen molar-refractivity contribution in [2.45, 2.75) is 33.6 Å². The predicted octanol–water partition coefficient (Wildman–Crippen LogP) is 4.20. The third-order valence-corrected chi connectivity index (χ3v) is 4.10. The summed E-state index contributed by atoms with van der Waals surface area (Å²) < 4.78 is 5.91. The molecule has 23 heavy (non-hydrogen) atoms. The molecule has 0 aliphatic heterocycles. The molecule has 1 aromatic carbocycles. The second-order valence-electron chi connectivity index (χ2n) is 6.42. The highest BCUT2D eigenvalue weighted by Crippen LogP contribution is 2.28. The molecule has 0 radical (unpaired) electrons. The van der Waals surface area contributed by atoms with E-state index in [1.807, 2.05) is 19.1 Å². The number of pyridine rings is 2. The van der Waals surface area contributed by atoms with Gasteiger partial charge in [0.2, 0.25) is 0 Å². The van der Waals surface area contributed by atoms with Gasteiger partial charge in [-0.2, -0.15) is 0 Å². The maximum absolute atomic E-state index is 12.2. The second-order valence-corrected chi connectivity index (χ2v) is 6.42. The lowest BCUT2D eigenvalue weighted by molar-refractivity contribution is 0.296. The third kappa shape index (κ3) is 3.21. The summed E-state index contributed by atoms with van der Waals surface area (Å²) in [5.41, 5.74) is 1.76. The van der Waals surface area contributed by atoms with Crippen molar-refractivity contribution < 1.29 is 4.74 Å². The minimum Gasteiger partial charge on any atom is -0.493 e. The topological polar surface area (TPSA) is 55.0 Å². The summed E-state index contributed by atoms with van der Waals surface area (Å²) in [5.74, 6) is 1.53. The van der Waals surface area contributed by atoms with Crippen molar-refractivity contribution in [3.05, 3.63) is 46.5 Å². The smallest absolute Gasteiger partial charge is 0.257 e. The van der Waals surface area contributed by atoms with Crippen LogP contribution in [0.1, 0.15) is 32.3 Å². The maximum Gasteiger partial charge on any atom is 0.257 e. The van der Waals surface area contributed by atoms with E-state index >= 15 is 0 Å². The molecule has 1 N–H and O–H groups in total. The van der Waals surface area contributed by atoms with Gasteiger partial charge in [-0.15, -0.1) is 0 Å². The number of nitrogens with one attached hydrogen (secondary N) is 1. The SMILES string of the molecule is Cc1cc2c(cc1OCCCC(C)C)[nH]c(=O)c1cnccc12. The summed E-state index contributed by atoms with van der Waals surface area (Å²) >= 11 is 0. The first-order valence-corrected chi connectivity index (χ1v) is 8.09. The Labute approximate surface area is 135 Å². The molecule has 2 aromatic heterocycles. The monoisotopic (exact) mass is 310 g/mol. The maximum atomic E-state index is 12.2. The highest BCUT2D eigenvalue weighted by molar-refractivity contribution is 6.05. The van der Waals surface area contributed by atoms with Gasteiger partial charge in [-0.3, -0.25) is 9.78 Å². The van der Waals surface area contributed by atoms with Crippen molar-refractivity contribution in [3.8, 4) is 5.75 Å². The molecule has 0 saturated heterocycles. The molecule has 3 rings (SSSR count). The summed E-state index contributed by atoms with van der Waals surface area (Å²) in [6.45, 7) is 7.17. The van der Waals surface area contributed by atoms with E-state index in [0.29, 0.717) is 17.9 Å². The minimum absolute atomic E-state index is 0.116. The van der Waals surface area contributed by atoms with Crippen LogP contribution in [0, 0.1) is 12.8 Å². The van der Waals surface area contributed by atoms with E-state index in [4.69, 9.17) is 4.74 Å². The Morgan fingerprint density at radius 1 is 1.22 bits per heavy atom. The summed E-state index contributed by atoms with van der Waals surface area (Å²) in [6.07, 6.45) is 5.52. The fraction of sp³-hybridized carbons (Fsp3) is 0.368. The standard InChI is InChI=1S/C19H22N2O2/c1-12(2)5-4-8-23-18-10-17-15(9-13(18)3)14-6-7-20-11-16(14)19(22)21-17/h6-7,9-12H,4-5,8H2,1-3H3,(H,21,22). The van der Waals surface area contributed by atoms with Crippen LogP contribution in [-0.4, -0.2) is 16.6 Å². The quantitative estimate of drug-likeness (QED) is 0.567. The molecule has 0 aliphatic rings. The molecule has 0 atom stereocenters. The Morgan fingerprint density at radius 2 is 2.04 bits per heavy atom. The van der Waals surface area contributed by atoms with Crippen molar-refractivity contribution in [1.82, 2.24) is 9.97 Å². The first-order chi connectivity index (χ1) is 11.1. The van der Waals surface area contributed by atoms with Crippen LogP contribution < -0.4 is 10.3 Å². The molecule has 2 heterocycles. The van der Waals surface area contributed by atoms with Gasteiger partial charge in [0.25, 0.3) is 5.56 Å². The van der Waals surface area contributed by atoms with Crippen molar-refractivity contribution in [1.29, 1.82) is 0 Å². The molecular weight excluding hydrogens is 288 g/mol. The normalized spacial score (nSPS) is 11.5. The largest absolute Gasteiger partial charge is 0.493 e. The molecule has 4 nitrogen and oxygen atoms in total. The van der Waals surface area contributed by atoms with Gasteiger partial charge in [0.05, 0.1) is 17.5 Å². The van der Waals surface area contributed by atoms with Crippen LogP contribution in [-0.2, 0) is 0 Å². The number of nitrogens with zero attached hydrogens (tertiary/aromatic N) is 1. The number of fused-ring (bicyclic) bond motifs is 3. The molecule has 4 heteroatoms. The molecule has 0 amide bonds. The number of hydrogen-bond acceptors (Lipinski definition) is 3. The minimum atomic E-state index is -0.116. The van der Waals surface area contributed by atoms with Gasteiger partial charge in [-0.1, -0.05) is 13.8 Å². The van der Waals surface area contributed by atoms with E-state index in [0.717, 1.165) is 40.4 Å². The van der Waals surface area contributed by atoms with Crippen LogP contribution in [0.3, 0.4) is 0 Å². The number of rotatable bonds is 5. The van der Waals surface area contributed by atoms with Crippen molar-refractivity contribution in [2.24, 2.45) is 5.92 Å². The van der Waals surface area contributed by atoms with E-state index in [9.17, 15) is 4.79 Å². The lowest BCUT2D eigenvalue weighted by Gasteiger charge is -2.12. The molecule has 0 bridgehead atoms. The Kier molecular flexibility index (Phi) is 4.33. The number of hydrogen-bond donors (Lipinski definition) is 1. The fourth-order valence-corrected chi connectivity index (χ4v) is 2.84. The predicted molar refractivity (Wildman–Crippen MR) is 94.2 cm³/mol. The molecule has 0 aliphatic carbocycles. The Bertz CT molecular complexity index is 897. The van der Waals surface area contributed by atoms with Gasteiger partial charge in [0.1, 0.15) is 5.75 Å². The molecule has 0 fully saturated rings. The van der Waals surface area contributed by atoms with Crippen LogP contribution in [0.4, 0.5) is 0 Å². The third-order valence-electron chi connectivity index (χ3n) is 4.10. The second kappa shape index (κ2) is 6.41. The van der Waals surface area contributed by atoms with Gasteiger partial charge < -0.3 is 9.72 Å². The number of aryl methyl sites for hydroxylation is 1. The van der Waals surface area contributed by atoms with Gasteiger partial charge in [0.15, 0.2) is 0 Å². The lowest BCUT2D eigenvalue weighted by atomic mass is 10.1. The zero-order valence-corrected chi connectivity index (χ0v) is 13.8.